The van der Waals surface area contributed by atoms with E-state index in [2.05, 4.69) is 15.3 Å². The molecule has 0 saturated carbocycles. The van der Waals surface area contributed by atoms with Crippen molar-refractivity contribution in [1.82, 2.24) is 10.3 Å². The van der Waals surface area contributed by atoms with E-state index in [1.165, 1.54) is 24.7 Å². The molecular formula is C18H18N4O4. The number of carboxylic acid groups (broad SMARTS) is 1. The third-order valence-corrected chi connectivity index (χ3v) is 3.33. The molecule has 0 fully saturated rings. The Morgan fingerprint density at radius 1 is 1.27 bits per heavy atom. The van der Waals surface area contributed by atoms with Crippen LogP contribution in [0.4, 0.5) is 5.69 Å². The Bertz CT molecular complexity index is 848. The molecule has 0 bridgehead atoms. The van der Waals surface area contributed by atoms with E-state index in [9.17, 15) is 14.7 Å². The molecule has 0 atom stereocenters. The number of pyridine rings is 1. The van der Waals surface area contributed by atoms with Gasteiger partial charge in [-0.05, 0) is 18.2 Å². The third kappa shape index (κ3) is 5.17. The number of hydrogen-bond acceptors (Lipinski definition) is 6. The third-order valence-electron chi connectivity index (χ3n) is 3.33. The van der Waals surface area contributed by atoms with Crippen LogP contribution in [0.2, 0.25) is 0 Å². The Hall–Kier alpha value is -3.68. The molecular weight excluding hydrogens is 336 g/mol. The molecule has 2 rings (SSSR count). The summed E-state index contributed by atoms with van der Waals surface area (Å²) in [6, 6.07) is 10.6. The summed E-state index contributed by atoms with van der Waals surface area (Å²) < 4.78 is 0. The second-order valence-electron chi connectivity index (χ2n) is 5.21. The van der Waals surface area contributed by atoms with Gasteiger partial charge in [0, 0.05) is 36.3 Å². The van der Waals surface area contributed by atoms with Gasteiger partial charge in [-0.3, -0.25) is 14.6 Å². The van der Waals surface area contributed by atoms with Crippen molar-refractivity contribution in [2.45, 2.75) is 6.42 Å². The highest BCUT2D eigenvalue weighted by Gasteiger charge is 2.14. The number of para-hydroxylation sites is 1. The molecule has 2 aromatic rings. The number of carbonyl (C=O) groups is 2. The first kappa shape index (κ1) is 18.7. The van der Waals surface area contributed by atoms with Gasteiger partial charge in [0.05, 0.1) is 12.1 Å². The van der Waals surface area contributed by atoms with Crippen molar-refractivity contribution in [2.24, 2.45) is 10.7 Å². The Kier molecular flexibility index (Phi) is 6.44. The standard InChI is InChI=1S/C18H18N4O4/c19-9-13(11-21-14-4-2-1-3-5-14)12-8-15(23)17(22-10-12)18(26)20-7-6-16(24)25/h1-5,8-11,23H,6-7,19H2,(H,20,26)(H,24,25)/b13-9+,21-11?. The summed E-state index contributed by atoms with van der Waals surface area (Å²) >= 11 is 0. The summed E-state index contributed by atoms with van der Waals surface area (Å²) in [5, 5.41) is 21.0. The van der Waals surface area contributed by atoms with E-state index in [-0.39, 0.29) is 24.4 Å². The van der Waals surface area contributed by atoms with Gasteiger partial charge in [-0.25, -0.2) is 4.98 Å². The monoisotopic (exact) mass is 354 g/mol. The second kappa shape index (κ2) is 8.97. The van der Waals surface area contributed by atoms with E-state index in [0.29, 0.717) is 11.1 Å². The van der Waals surface area contributed by atoms with Crippen LogP contribution in [0.3, 0.4) is 0 Å². The molecule has 134 valence electrons. The van der Waals surface area contributed by atoms with Crippen LogP contribution in [0.1, 0.15) is 22.5 Å². The number of carbonyl (C=O) groups excluding carboxylic acids is 1. The fourth-order valence-corrected chi connectivity index (χ4v) is 2.02. The van der Waals surface area contributed by atoms with E-state index in [0.717, 1.165) is 5.69 Å². The van der Waals surface area contributed by atoms with Crippen molar-refractivity contribution in [3.63, 3.8) is 0 Å². The highest BCUT2D eigenvalue weighted by molar-refractivity contribution is 6.10. The maximum absolute atomic E-state index is 11.9. The van der Waals surface area contributed by atoms with Crippen molar-refractivity contribution in [3.8, 4) is 5.75 Å². The summed E-state index contributed by atoms with van der Waals surface area (Å²) in [7, 11) is 0. The molecule has 0 aliphatic rings. The van der Waals surface area contributed by atoms with Crippen molar-refractivity contribution in [2.75, 3.05) is 6.54 Å². The molecule has 0 saturated heterocycles. The largest absolute Gasteiger partial charge is 0.505 e. The fourth-order valence-electron chi connectivity index (χ4n) is 2.02. The van der Waals surface area contributed by atoms with E-state index in [1.54, 1.807) is 0 Å². The number of amides is 1. The molecule has 1 heterocycles. The molecule has 5 N–H and O–H groups in total. The van der Waals surface area contributed by atoms with Gasteiger partial charge in [-0.1, -0.05) is 18.2 Å². The maximum atomic E-state index is 11.9. The number of nitrogens with zero attached hydrogens (tertiary/aromatic N) is 2. The summed E-state index contributed by atoms with van der Waals surface area (Å²) in [6.07, 6.45) is 4.00. The van der Waals surface area contributed by atoms with Crippen LogP contribution in [0, 0.1) is 0 Å². The van der Waals surface area contributed by atoms with Gasteiger partial charge in [-0.2, -0.15) is 0 Å². The summed E-state index contributed by atoms with van der Waals surface area (Å²) in [4.78, 5) is 30.6. The van der Waals surface area contributed by atoms with E-state index < -0.39 is 11.9 Å². The van der Waals surface area contributed by atoms with Crippen molar-refractivity contribution in [1.29, 1.82) is 0 Å². The highest BCUT2D eigenvalue weighted by Crippen LogP contribution is 2.21. The molecule has 0 aliphatic carbocycles. The summed E-state index contributed by atoms with van der Waals surface area (Å²) in [5.74, 6) is -2.04. The Morgan fingerprint density at radius 3 is 2.62 bits per heavy atom. The summed E-state index contributed by atoms with van der Waals surface area (Å²) in [6.45, 7) is -0.0608. The number of aliphatic imine (C=N–C) groups is 1. The molecule has 1 amide bonds. The van der Waals surface area contributed by atoms with Gasteiger partial charge in [0.25, 0.3) is 5.91 Å². The second-order valence-corrected chi connectivity index (χ2v) is 5.21. The van der Waals surface area contributed by atoms with Gasteiger partial charge in [0.1, 0.15) is 5.75 Å². The van der Waals surface area contributed by atoms with Crippen LogP contribution in [-0.2, 0) is 4.79 Å². The van der Waals surface area contributed by atoms with Gasteiger partial charge < -0.3 is 21.3 Å². The van der Waals surface area contributed by atoms with Crippen LogP contribution in [-0.4, -0.2) is 39.8 Å². The number of aliphatic carboxylic acids is 1. The van der Waals surface area contributed by atoms with Crippen LogP contribution >= 0.6 is 0 Å². The minimum atomic E-state index is -1.03. The predicted octanol–water partition coefficient (Wildman–Crippen LogP) is 1.69. The number of aromatic hydroxyl groups is 1. The van der Waals surface area contributed by atoms with Crippen LogP contribution in [0.15, 0.2) is 53.8 Å². The number of allylic oxidation sites excluding steroid dienone is 1. The van der Waals surface area contributed by atoms with Gasteiger partial charge in [-0.15, -0.1) is 0 Å². The number of nitrogens with one attached hydrogen (secondary N) is 1. The van der Waals surface area contributed by atoms with E-state index >= 15 is 0 Å². The molecule has 8 heteroatoms. The summed E-state index contributed by atoms with van der Waals surface area (Å²) in [5.41, 5.74) is 7.14. The predicted molar refractivity (Wildman–Crippen MR) is 97.2 cm³/mol. The zero-order chi connectivity index (χ0) is 18.9. The first-order valence-electron chi connectivity index (χ1n) is 7.71. The zero-order valence-electron chi connectivity index (χ0n) is 13.8. The minimum absolute atomic E-state index is 0.0608. The Balaban J connectivity index is 2.13. The minimum Gasteiger partial charge on any atom is -0.505 e. The van der Waals surface area contributed by atoms with Crippen LogP contribution in [0.25, 0.3) is 5.57 Å². The molecule has 0 unspecified atom stereocenters. The number of benzene rings is 1. The normalized spacial score (nSPS) is 11.5. The number of rotatable bonds is 7. The topological polar surface area (TPSA) is 138 Å². The lowest BCUT2D eigenvalue weighted by atomic mass is 10.1. The average molecular weight is 354 g/mol. The average Bonchev–Trinajstić information content (AvgIpc) is 2.62. The van der Waals surface area contributed by atoms with Crippen LogP contribution < -0.4 is 11.1 Å². The first-order chi connectivity index (χ1) is 12.5. The molecule has 8 nitrogen and oxygen atoms in total. The molecule has 1 aromatic carbocycles. The first-order valence-corrected chi connectivity index (χ1v) is 7.71. The molecule has 0 spiro atoms. The fraction of sp³-hybridized carbons (Fsp3) is 0.111. The number of carboxylic acids is 1. The van der Waals surface area contributed by atoms with Gasteiger partial charge in [0.2, 0.25) is 0 Å². The number of nitrogens with two attached hydrogens (primary N) is 1. The number of aromatic nitrogens is 1. The lowest BCUT2D eigenvalue weighted by Gasteiger charge is -2.07. The maximum Gasteiger partial charge on any atom is 0.305 e. The van der Waals surface area contributed by atoms with Crippen LogP contribution in [0.5, 0.6) is 5.75 Å². The van der Waals surface area contributed by atoms with Gasteiger partial charge >= 0.3 is 5.97 Å². The smallest absolute Gasteiger partial charge is 0.305 e. The zero-order valence-corrected chi connectivity index (χ0v) is 13.8. The van der Waals surface area contributed by atoms with Crippen molar-refractivity contribution < 1.29 is 19.8 Å². The quantitative estimate of drug-likeness (QED) is 0.558. The van der Waals surface area contributed by atoms with Crippen molar-refractivity contribution in [3.05, 3.63) is 60.1 Å². The SMILES string of the molecule is N/C=C(\C=Nc1ccccc1)c1cnc(C(=O)NCCC(=O)O)c(O)c1. The Morgan fingerprint density at radius 2 is 2.00 bits per heavy atom. The molecule has 26 heavy (non-hydrogen) atoms. The Labute approximate surface area is 149 Å². The highest BCUT2D eigenvalue weighted by atomic mass is 16.4. The van der Waals surface area contributed by atoms with E-state index in [4.69, 9.17) is 10.8 Å². The number of hydrogen-bond donors (Lipinski definition) is 4. The van der Waals surface area contributed by atoms with Crippen molar-refractivity contribution >= 4 is 29.4 Å². The molecule has 1 aromatic heterocycles. The van der Waals surface area contributed by atoms with Gasteiger partial charge in [0.15, 0.2) is 5.69 Å². The lowest BCUT2D eigenvalue weighted by Crippen LogP contribution is -2.26. The molecule has 0 aliphatic heterocycles. The lowest BCUT2D eigenvalue weighted by molar-refractivity contribution is -0.136. The van der Waals surface area contributed by atoms with E-state index in [1.807, 2.05) is 30.3 Å². The molecule has 0 radical (unpaired) electrons.